The summed E-state index contributed by atoms with van der Waals surface area (Å²) < 4.78 is 22.2. The Hall–Kier alpha value is -3.86. The summed E-state index contributed by atoms with van der Waals surface area (Å²) in [6.07, 6.45) is 5.55. The predicted molar refractivity (Wildman–Crippen MR) is 156 cm³/mol. The van der Waals surface area contributed by atoms with Gasteiger partial charge in [0.05, 0.1) is 35.7 Å². The monoisotopic (exact) mass is 588 g/mol. The smallest absolute Gasteiger partial charge is 0.354 e. The molecular weight excluding hydrogens is 559 g/mol. The number of ether oxygens (including phenoxy) is 1. The van der Waals surface area contributed by atoms with Crippen molar-refractivity contribution in [3.63, 3.8) is 0 Å². The molecule has 0 saturated carbocycles. The molecule has 0 bridgehead atoms. The van der Waals surface area contributed by atoms with E-state index in [1.54, 1.807) is 18.2 Å². The maximum absolute atomic E-state index is 14.4. The number of nitrogens with zero attached hydrogens (tertiary/aromatic N) is 5. The fraction of sp³-hybridized carbons (Fsp3) is 0.355. The molecule has 2 aliphatic heterocycles. The third-order valence-corrected chi connectivity index (χ3v) is 8.71. The summed E-state index contributed by atoms with van der Waals surface area (Å²) in [5, 5.41) is 9.78. The molecule has 0 spiro atoms. The number of rotatable bonds is 8. The number of H-pyrrole nitrogens is 1. The number of hydrogen-bond donors (Lipinski definition) is 2. The lowest BCUT2D eigenvalue weighted by atomic mass is 9.90. The van der Waals surface area contributed by atoms with Crippen LogP contribution in [0.1, 0.15) is 58.3 Å². The van der Waals surface area contributed by atoms with Gasteiger partial charge in [0.15, 0.2) is 11.3 Å². The van der Waals surface area contributed by atoms with Gasteiger partial charge < -0.3 is 19.4 Å². The van der Waals surface area contributed by atoms with E-state index in [0.717, 1.165) is 67.0 Å². The molecule has 6 heterocycles. The number of carbonyl (C=O) groups is 1. The minimum absolute atomic E-state index is 0.00629. The van der Waals surface area contributed by atoms with Gasteiger partial charge >= 0.3 is 5.97 Å². The lowest BCUT2D eigenvalue weighted by Crippen LogP contribution is -2.35. The zero-order valence-corrected chi connectivity index (χ0v) is 23.6. The molecular formula is C31H30ClFN6O3. The van der Waals surface area contributed by atoms with Gasteiger partial charge in [0, 0.05) is 29.9 Å². The highest BCUT2D eigenvalue weighted by molar-refractivity contribution is 6.30. The number of nitrogens with one attached hydrogen (secondary N) is 1. The number of halogens is 2. The van der Waals surface area contributed by atoms with Crippen LogP contribution >= 0.6 is 11.6 Å². The second kappa shape index (κ2) is 11.1. The van der Waals surface area contributed by atoms with E-state index in [4.69, 9.17) is 26.3 Å². The van der Waals surface area contributed by atoms with Crippen LogP contribution in [0.25, 0.3) is 22.2 Å². The molecule has 0 aliphatic carbocycles. The highest BCUT2D eigenvalue weighted by atomic mass is 35.5. The van der Waals surface area contributed by atoms with E-state index in [1.165, 1.54) is 17.7 Å². The number of hydrogen-bond acceptors (Lipinski definition) is 6. The lowest BCUT2D eigenvalue weighted by Gasteiger charge is -2.32. The van der Waals surface area contributed by atoms with E-state index in [9.17, 15) is 14.3 Å². The van der Waals surface area contributed by atoms with Crippen molar-refractivity contribution in [3.8, 4) is 0 Å². The number of carboxylic acids is 1. The molecule has 216 valence electrons. The second-order valence-corrected chi connectivity index (χ2v) is 11.6. The van der Waals surface area contributed by atoms with Gasteiger partial charge in [-0.1, -0.05) is 17.7 Å². The summed E-state index contributed by atoms with van der Waals surface area (Å²) in [4.78, 5) is 31.2. The molecule has 1 atom stereocenters. The van der Waals surface area contributed by atoms with Gasteiger partial charge in [-0.05, 0) is 85.8 Å². The molecule has 0 radical (unpaired) electrons. The Morgan fingerprint density at radius 3 is 2.67 bits per heavy atom. The van der Waals surface area contributed by atoms with Crippen LogP contribution in [0.5, 0.6) is 0 Å². The van der Waals surface area contributed by atoms with Crippen molar-refractivity contribution >= 4 is 39.8 Å². The van der Waals surface area contributed by atoms with Gasteiger partial charge in [0.25, 0.3) is 0 Å². The van der Waals surface area contributed by atoms with Crippen LogP contribution in [-0.2, 0) is 24.2 Å². The van der Waals surface area contributed by atoms with E-state index >= 15 is 0 Å². The summed E-state index contributed by atoms with van der Waals surface area (Å²) in [7, 11) is 0. The minimum Gasteiger partial charge on any atom is -0.477 e. The maximum Gasteiger partial charge on any atom is 0.354 e. The van der Waals surface area contributed by atoms with E-state index in [0.29, 0.717) is 41.7 Å². The molecule has 7 rings (SSSR count). The number of carboxylic acid groups (broad SMARTS) is 1. The predicted octanol–water partition coefficient (Wildman–Crippen LogP) is 5.56. The van der Waals surface area contributed by atoms with Gasteiger partial charge in [-0.25, -0.2) is 19.2 Å². The Morgan fingerprint density at radius 1 is 1.10 bits per heavy atom. The molecule has 1 unspecified atom stereocenters. The molecule has 42 heavy (non-hydrogen) atoms. The SMILES string of the molecule is O=C(O)c1ccc2c(n1)nc(CN1CCC(c3c[nH]c4ccc(Cc5ccc(Cl)cc5F)nc34)CC1)n2CC1CCO1. The summed E-state index contributed by atoms with van der Waals surface area (Å²) in [6.45, 7) is 3.89. The molecule has 4 aromatic heterocycles. The van der Waals surface area contributed by atoms with Gasteiger partial charge in [0.1, 0.15) is 11.6 Å². The zero-order valence-electron chi connectivity index (χ0n) is 22.9. The first-order chi connectivity index (χ1) is 20.4. The fourth-order valence-electron chi connectivity index (χ4n) is 6.06. The third kappa shape index (κ3) is 5.26. The summed E-state index contributed by atoms with van der Waals surface area (Å²) in [5.74, 6) is -0.153. The van der Waals surface area contributed by atoms with Gasteiger partial charge in [-0.2, -0.15) is 0 Å². The zero-order chi connectivity index (χ0) is 28.8. The standard InChI is InChI=1S/C31H30ClFN6O3/c32-20-2-1-19(24(33)14-20)13-21-3-4-25-29(35-21)23(15-34-25)18-7-10-38(11-8-18)17-28-37-30-27(6-5-26(36-30)31(40)41)39(28)16-22-9-12-42-22/h1-6,14-15,18,22,34H,7-13,16-17H2,(H,40,41). The molecule has 0 amide bonds. The summed E-state index contributed by atoms with van der Waals surface area (Å²) in [6, 6.07) is 12.0. The normalized spacial score (nSPS) is 18.1. The van der Waals surface area contributed by atoms with Crippen LogP contribution < -0.4 is 0 Å². The number of likely N-dealkylation sites (tertiary alicyclic amines) is 1. The number of aromatic amines is 1. The van der Waals surface area contributed by atoms with E-state index in [-0.39, 0.29) is 17.6 Å². The molecule has 2 N–H and O–H groups in total. The fourth-order valence-corrected chi connectivity index (χ4v) is 6.22. The largest absolute Gasteiger partial charge is 0.477 e. The first kappa shape index (κ1) is 27.0. The van der Waals surface area contributed by atoms with Gasteiger partial charge in [-0.3, -0.25) is 9.88 Å². The number of imidazole rings is 1. The molecule has 11 heteroatoms. The number of pyridine rings is 2. The molecule has 2 fully saturated rings. The van der Waals surface area contributed by atoms with E-state index in [1.807, 2.05) is 12.1 Å². The minimum atomic E-state index is -1.06. The number of fused-ring (bicyclic) bond motifs is 2. The second-order valence-electron chi connectivity index (χ2n) is 11.2. The summed E-state index contributed by atoms with van der Waals surface area (Å²) >= 11 is 5.92. The number of aromatic nitrogens is 5. The first-order valence-corrected chi connectivity index (χ1v) is 14.6. The molecule has 2 saturated heterocycles. The van der Waals surface area contributed by atoms with Crippen LogP contribution in [0.15, 0.2) is 48.7 Å². The topological polar surface area (TPSA) is 109 Å². The average molecular weight is 589 g/mol. The highest BCUT2D eigenvalue weighted by Crippen LogP contribution is 2.33. The van der Waals surface area contributed by atoms with Crippen molar-refractivity contribution in [2.24, 2.45) is 0 Å². The van der Waals surface area contributed by atoms with Crippen molar-refractivity contribution in [2.45, 2.75) is 50.8 Å². The third-order valence-electron chi connectivity index (χ3n) is 8.48. The van der Waals surface area contributed by atoms with Crippen molar-refractivity contribution in [3.05, 3.63) is 87.8 Å². The van der Waals surface area contributed by atoms with Crippen LogP contribution in [0.4, 0.5) is 4.39 Å². The van der Waals surface area contributed by atoms with Gasteiger partial charge in [-0.15, -0.1) is 0 Å². The Morgan fingerprint density at radius 2 is 1.93 bits per heavy atom. The maximum atomic E-state index is 14.4. The van der Waals surface area contributed by atoms with E-state index < -0.39 is 5.97 Å². The molecule has 9 nitrogen and oxygen atoms in total. The van der Waals surface area contributed by atoms with Crippen LogP contribution in [-0.4, -0.2) is 66.3 Å². The molecule has 1 aromatic carbocycles. The lowest BCUT2D eigenvalue weighted by molar-refractivity contribution is -0.0592. The molecule has 2 aliphatic rings. The number of benzene rings is 1. The number of piperidine rings is 1. The van der Waals surface area contributed by atoms with Crippen molar-refractivity contribution in [1.82, 2.24) is 29.4 Å². The van der Waals surface area contributed by atoms with E-state index in [2.05, 4.69) is 25.6 Å². The van der Waals surface area contributed by atoms with Crippen LogP contribution in [0.3, 0.4) is 0 Å². The average Bonchev–Trinajstić information content (AvgIpc) is 3.53. The quantitative estimate of drug-likeness (QED) is 0.244. The Balaban J connectivity index is 1.07. The van der Waals surface area contributed by atoms with Crippen LogP contribution in [0.2, 0.25) is 5.02 Å². The first-order valence-electron chi connectivity index (χ1n) is 14.3. The van der Waals surface area contributed by atoms with Crippen molar-refractivity contribution in [2.75, 3.05) is 19.7 Å². The summed E-state index contributed by atoms with van der Waals surface area (Å²) in [5.41, 5.74) is 5.79. The van der Waals surface area contributed by atoms with Crippen LogP contribution in [0, 0.1) is 5.82 Å². The Kier molecular flexibility index (Phi) is 7.13. The molecule has 5 aromatic rings. The Bertz CT molecular complexity index is 1790. The van der Waals surface area contributed by atoms with Crippen molar-refractivity contribution < 1.29 is 19.0 Å². The number of aromatic carboxylic acids is 1. The highest BCUT2D eigenvalue weighted by Gasteiger charge is 2.27. The Labute approximate surface area is 246 Å². The van der Waals surface area contributed by atoms with Crippen molar-refractivity contribution in [1.29, 1.82) is 0 Å². The van der Waals surface area contributed by atoms with Gasteiger partial charge in [0.2, 0.25) is 0 Å².